The molecule has 0 heterocycles. The first-order chi connectivity index (χ1) is 6.72. The molecule has 0 aromatic heterocycles. The quantitative estimate of drug-likeness (QED) is 0.557. The van der Waals surface area contributed by atoms with Crippen LogP contribution in [0.3, 0.4) is 0 Å². The van der Waals surface area contributed by atoms with Crippen LogP contribution >= 0.6 is 0 Å². The molecule has 0 saturated carbocycles. The lowest BCUT2D eigenvalue weighted by molar-refractivity contribution is -0.151. The van der Waals surface area contributed by atoms with Gasteiger partial charge >= 0.3 is 5.97 Å². The molecule has 0 rings (SSSR count). The standard InChI is InChI=1S/C9H18O5/c1-3-14-8(9(10)11)4-5-13-7-6-12-2/h8H,3-7H2,1-2H3,(H,10,11). The molecule has 0 radical (unpaired) electrons. The number of ether oxygens (including phenoxy) is 3. The summed E-state index contributed by atoms with van der Waals surface area (Å²) in [7, 11) is 1.59. The van der Waals surface area contributed by atoms with Crippen LogP contribution in [0.15, 0.2) is 0 Å². The Morgan fingerprint density at radius 1 is 1.36 bits per heavy atom. The van der Waals surface area contributed by atoms with Crippen LogP contribution in [0.2, 0.25) is 0 Å². The summed E-state index contributed by atoms with van der Waals surface area (Å²) in [5.74, 6) is -0.942. The van der Waals surface area contributed by atoms with E-state index in [4.69, 9.17) is 19.3 Å². The summed E-state index contributed by atoms with van der Waals surface area (Å²) in [6, 6.07) is 0. The molecule has 5 nitrogen and oxygen atoms in total. The minimum Gasteiger partial charge on any atom is -0.479 e. The molecule has 84 valence electrons. The highest BCUT2D eigenvalue weighted by Gasteiger charge is 2.16. The van der Waals surface area contributed by atoms with Gasteiger partial charge in [-0.3, -0.25) is 0 Å². The second-order valence-electron chi connectivity index (χ2n) is 2.68. The average molecular weight is 206 g/mol. The van der Waals surface area contributed by atoms with Crippen LogP contribution in [0, 0.1) is 0 Å². The Bertz CT molecular complexity index is 148. The van der Waals surface area contributed by atoms with Gasteiger partial charge in [0, 0.05) is 26.7 Å². The number of hydrogen-bond donors (Lipinski definition) is 1. The maximum atomic E-state index is 10.6. The van der Waals surface area contributed by atoms with Gasteiger partial charge in [0.2, 0.25) is 0 Å². The van der Waals surface area contributed by atoms with Crippen molar-refractivity contribution in [2.24, 2.45) is 0 Å². The van der Waals surface area contributed by atoms with E-state index in [1.807, 2.05) is 0 Å². The van der Waals surface area contributed by atoms with Gasteiger partial charge in [-0.1, -0.05) is 0 Å². The van der Waals surface area contributed by atoms with Gasteiger partial charge in [0.1, 0.15) is 0 Å². The molecule has 0 aromatic rings. The van der Waals surface area contributed by atoms with E-state index in [0.29, 0.717) is 32.8 Å². The van der Waals surface area contributed by atoms with Crippen LogP contribution in [0.5, 0.6) is 0 Å². The third-order valence-corrected chi connectivity index (χ3v) is 1.60. The zero-order chi connectivity index (χ0) is 10.8. The number of aliphatic carboxylic acids is 1. The van der Waals surface area contributed by atoms with Crippen molar-refractivity contribution in [1.29, 1.82) is 0 Å². The third-order valence-electron chi connectivity index (χ3n) is 1.60. The monoisotopic (exact) mass is 206 g/mol. The molecule has 5 heteroatoms. The molecule has 1 N–H and O–H groups in total. The van der Waals surface area contributed by atoms with E-state index in [1.165, 1.54) is 0 Å². The van der Waals surface area contributed by atoms with Gasteiger partial charge in [-0.15, -0.1) is 0 Å². The minimum atomic E-state index is -0.942. The molecule has 0 aliphatic carbocycles. The zero-order valence-corrected chi connectivity index (χ0v) is 8.69. The van der Waals surface area contributed by atoms with Crippen LogP contribution in [0.25, 0.3) is 0 Å². The van der Waals surface area contributed by atoms with E-state index >= 15 is 0 Å². The molecule has 14 heavy (non-hydrogen) atoms. The zero-order valence-electron chi connectivity index (χ0n) is 8.69. The number of carbonyl (C=O) groups is 1. The van der Waals surface area contributed by atoms with Crippen molar-refractivity contribution in [1.82, 2.24) is 0 Å². The predicted molar refractivity (Wildman–Crippen MR) is 50.4 cm³/mol. The van der Waals surface area contributed by atoms with Gasteiger partial charge in [-0.05, 0) is 6.92 Å². The molecule has 1 unspecified atom stereocenters. The van der Waals surface area contributed by atoms with E-state index in [0.717, 1.165) is 0 Å². The summed E-state index contributed by atoms with van der Waals surface area (Å²) in [6.07, 6.45) is -0.394. The van der Waals surface area contributed by atoms with Gasteiger partial charge in [0.25, 0.3) is 0 Å². The smallest absolute Gasteiger partial charge is 0.332 e. The predicted octanol–water partition coefficient (Wildman–Crippen LogP) is 0.529. The van der Waals surface area contributed by atoms with Crippen LogP contribution in [0.4, 0.5) is 0 Å². The van der Waals surface area contributed by atoms with Crippen molar-refractivity contribution >= 4 is 5.97 Å². The minimum absolute atomic E-state index is 0.368. The fourth-order valence-corrected chi connectivity index (χ4v) is 0.914. The van der Waals surface area contributed by atoms with Crippen molar-refractivity contribution in [2.75, 3.05) is 33.5 Å². The molecule has 0 saturated heterocycles. The molecular weight excluding hydrogens is 188 g/mol. The first kappa shape index (κ1) is 13.4. The van der Waals surface area contributed by atoms with Crippen LogP contribution in [-0.4, -0.2) is 50.7 Å². The van der Waals surface area contributed by atoms with E-state index in [1.54, 1.807) is 14.0 Å². The molecule has 0 aromatic carbocycles. The summed E-state index contributed by atoms with van der Waals surface area (Å²) >= 11 is 0. The van der Waals surface area contributed by atoms with E-state index in [9.17, 15) is 4.79 Å². The summed E-state index contributed by atoms with van der Waals surface area (Å²) in [5, 5.41) is 8.70. The molecule has 0 aliphatic heterocycles. The molecule has 0 amide bonds. The summed E-state index contributed by atoms with van der Waals surface area (Å²) < 4.78 is 14.9. The van der Waals surface area contributed by atoms with E-state index in [-0.39, 0.29) is 0 Å². The van der Waals surface area contributed by atoms with Crippen molar-refractivity contribution in [3.8, 4) is 0 Å². The molecule has 0 bridgehead atoms. The number of methoxy groups -OCH3 is 1. The normalized spacial score (nSPS) is 12.7. The van der Waals surface area contributed by atoms with Crippen LogP contribution in [0.1, 0.15) is 13.3 Å². The first-order valence-electron chi connectivity index (χ1n) is 4.63. The Morgan fingerprint density at radius 2 is 2.07 bits per heavy atom. The fourth-order valence-electron chi connectivity index (χ4n) is 0.914. The second kappa shape index (κ2) is 8.93. The highest BCUT2D eigenvalue weighted by molar-refractivity contribution is 5.72. The summed E-state index contributed by atoms with van der Waals surface area (Å²) in [6.45, 7) is 3.54. The highest BCUT2D eigenvalue weighted by atomic mass is 16.5. The van der Waals surface area contributed by atoms with Crippen LogP contribution in [-0.2, 0) is 19.0 Å². The Kier molecular flexibility index (Phi) is 8.51. The van der Waals surface area contributed by atoms with Crippen molar-refractivity contribution in [3.05, 3.63) is 0 Å². The summed E-state index contributed by atoms with van der Waals surface area (Å²) in [5.41, 5.74) is 0. The molecule has 0 aliphatic rings. The Morgan fingerprint density at radius 3 is 2.57 bits per heavy atom. The highest BCUT2D eigenvalue weighted by Crippen LogP contribution is 1.99. The van der Waals surface area contributed by atoms with Gasteiger partial charge in [-0.25, -0.2) is 4.79 Å². The molecule has 0 spiro atoms. The topological polar surface area (TPSA) is 65.0 Å². The number of hydrogen-bond acceptors (Lipinski definition) is 4. The lowest BCUT2D eigenvalue weighted by Crippen LogP contribution is -2.25. The largest absolute Gasteiger partial charge is 0.479 e. The average Bonchev–Trinajstić information content (AvgIpc) is 2.15. The first-order valence-corrected chi connectivity index (χ1v) is 4.63. The SMILES string of the molecule is CCOC(CCOCCOC)C(=O)O. The van der Waals surface area contributed by atoms with Crippen molar-refractivity contribution in [2.45, 2.75) is 19.4 Å². The van der Waals surface area contributed by atoms with Crippen molar-refractivity contribution < 1.29 is 24.1 Å². The summed E-state index contributed by atoms with van der Waals surface area (Å²) in [4.78, 5) is 10.6. The number of carboxylic acid groups (broad SMARTS) is 1. The van der Waals surface area contributed by atoms with Gasteiger partial charge in [-0.2, -0.15) is 0 Å². The van der Waals surface area contributed by atoms with Gasteiger partial charge in [0.15, 0.2) is 6.10 Å². The lowest BCUT2D eigenvalue weighted by Gasteiger charge is -2.11. The third kappa shape index (κ3) is 6.82. The number of carboxylic acids is 1. The lowest BCUT2D eigenvalue weighted by atomic mass is 10.2. The Hall–Kier alpha value is -0.650. The molecule has 1 atom stereocenters. The molecular formula is C9H18O5. The number of rotatable bonds is 9. The van der Waals surface area contributed by atoms with Gasteiger partial charge in [0.05, 0.1) is 13.2 Å². The molecule has 0 fully saturated rings. The van der Waals surface area contributed by atoms with E-state index in [2.05, 4.69) is 0 Å². The van der Waals surface area contributed by atoms with Crippen molar-refractivity contribution in [3.63, 3.8) is 0 Å². The Labute approximate surface area is 84.0 Å². The second-order valence-corrected chi connectivity index (χ2v) is 2.68. The maximum Gasteiger partial charge on any atom is 0.332 e. The van der Waals surface area contributed by atoms with Gasteiger partial charge < -0.3 is 19.3 Å². The fraction of sp³-hybridized carbons (Fsp3) is 0.889. The van der Waals surface area contributed by atoms with Crippen LogP contribution < -0.4 is 0 Å². The van der Waals surface area contributed by atoms with E-state index < -0.39 is 12.1 Å². The Balaban J connectivity index is 3.46. The maximum absolute atomic E-state index is 10.6.